The first kappa shape index (κ1) is 47.9. The number of nitrogens with zero attached hydrogens (tertiary/aromatic N) is 4. The first-order valence-corrected chi connectivity index (χ1v) is 20.4. The molecule has 0 heterocycles. The molecule has 0 aliphatic heterocycles. The van der Waals surface area contributed by atoms with Gasteiger partial charge in [0.15, 0.2) is 11.6 Å². The number of hydrogen-bond donors (Lipinski definition) is 4. The lowest BCUT2D eigenvalue weighted by Gasteiger charge is -2.15. The number of benzene rings is 5. The van der Waals surface area contributed by atoms with Crippen molar-refractivity contribution in [2.24, 2.45) is 20.5 Å². The van der Waals surface area contributed by atoms with Gasteiger partial charge < -0.3 is 21.3 Å². The number of halogens is 8. The molecule has 0 fully saturated rings. The fraction of sp³-hybridized carbons (Fsp3) is 0.100. The van der Waals surface area contributed by atoms with Gasteiger partial charge in [-0.3, -0.25) is 28.8 Å². The van der Waals surface area contributed by atoms with E-state index < -0.39 is 47.3 Å². The van der Waals surface area contributed by atoms with Crippen LogP contribution >= 0.6 is 92.8 Å². The molecule has 2 atom stereocenters. The van der Waals surface area contributed by atoms with Crippen molar-refractivity contribution in [2.75, 3.05) is 21.3 Å². The van der Waals surface area contributed by atoms with Gasteiger partial charge in [0.2, 0.25) is 12.1 Å². The highest BCUT2D eigenvalue weighted by atomic mass is 35.5. The molecule has 5 aromatic rings. The monoisotopic (exact) mass is 994 g/mol. The van der Waals surface area contributed by atoms with Crippen molar-refractivity contribution in [1.29, 1.82) is 0 Å². The maximum Gasteiger partial charge on any atom is 0.258 e. The number of anilines is 4. The Balaban J connectivity index is 1.26. The Labute approximate surface area is 392 Å². The van der Waals surface area contributed by atoms with Crippen molar-refractivity contribution >= 4 is 162 Å². The van der Waals surface area contributed by atoms with E-state index in [4.69, 9.17) is 92.8 Å². The van der Waals surface area contributed by atoms with Crippen LogP contribution in [0, 0.1) is 0 Å². The molecule has 0 radical (unpaired) electrons. The average molecular weight is 998 g/mol. The summed E-state index contributed by atoms with van der Waals surface area (Å²) in [6.45, 7) is 2.22. The second-order valence-corrected chi connectivity index (χ2v) is 16.1. The van der Waals surface area contributed by atoms with Crippen LogP contribution < -0.4 is 21.3 Å². The van der Waals surface area contributed by atoms with Crippen LogP contribution in [-0.4, -0.2) is 47.3 Å². The van der Waals surface area contributed by atoms with Crippen LogP contribution in [0.1, 0.15) is 34.6 Å². The highest BCUT2D eigenvalue weighted by Gasteiger charge is 2.27. The summed E-state index contributed by atoms with van der Waals surface area (Å²) in [5.41, 5.74) is 0.522. The lowest BCUT2D eigenvalue weighted by molar-refractivity contribution is -0.127. The topological polar surface area (TPSA) is 200 Å². The van der Waals surface area contributed by atoms with Crippen LogP contribution in [0.5, 0.6) is 0 Å². The van der Waals surface area contributed by atoms with Crippen LogP contribution in [0.3, 0.4) is 0 Å². The SMILES string of the molecule is CC(=O)C(N=Nc1ccc(Cl)c(C(=O)Nc2ccc(Cl)cc2Cl)c1)C(=O)Nc1cc(Cl)c(NC(=O)C(N=Nc2ccc(Cl)c(C(=O)Nc3ccc(Cl)cc3Cl)c2)C(C)=O)c(Cl)c1. The normalized spacial score (nSPS) is 12.2. The maximum absolute atomic E-state index is 13.3. The Morgan fingerprint density at radius 3 is 1.24 bits per heavy atom. The number of nitrogens with one attached hydrogen (secondary N) is 4. The van der Waals surface area contributed by atoms with E-state index in [1.165, 1.54) is 84.9 Å². The summed E-state index contributed by atoms with van der Waals surface area (Å²) in [6.07, 6.45) is 0. The van der Waals surface area contributed by atoms with Crippen LogP contribution in [0.4, 0.5) is 34.1 Å². The Morgan fingerprint density at radius 1 is 0.452 bits per heavy atom. The van der Waals surface area contributed by atoms with E-state index in [2.05, 4.69) is 41.7 Å². The number of ketones is 2. The largest absolute Gasteiger partial charge is 0.324 e. The molecule has 22 heteroatoms. The van der Waals surface area contributed by atoms with E-state index >= 15 is 0 Å². The summed E-state index contributed by atoms with van der Waals surface area (Å²) in [5, 5.41) is 26.7. The Hall–Kier alpha value is -5.16. The van der Waals surface area contributed by atoms with E-state index in [0.717, 1.165) is 13.8 Å². The molecule has 0 saturated heterocycles. The van der Waals surface area contributed by atoms with Crippen molar-refractivity contribution in [3.05, 3.63) is 136 Å². The minimum absolute atomic E-state index is 0.000483. The van der Waals surface area contributed by atoms with Gasteiger partial charge in [-0.05, 0) is 98.8 Å². The molecule has 2 unspecified atom stereocenters. The number of carbonyl (C=O) groups is 6. The van der Waals surface area contributed by atoms with Crippen molar-refractivity contribution < 1.29 is 28.8 Å². The predicted octanol–water partition coefficient (Wildman–Crippen LogP) is 12.8. The molecule has 62 heavy (non-hydrogen) atoms. The molecule has 4 N–H and O–H groups in total. The van der Waals surface area contributed by atoms with Crippen LogP contribution in [0.2, 0.25) is 40.2 Å². The summed E-state index contributed by atoms with van der Waals surface area (Å²) in [4.78, 5) is 77.6. The third-order valence-electron chi connectivity index (χ3n) is 8.15. The van der Waals surface area contributed by atoms with Crippen molar-refractivity contribution in [3.8, 4) is 0 Å². The smallest absolute Gasteiger partial charge is 0.258 e. The number of azo groups is 2. The summed E-state index contributed by atoms with van der Waals surface area (Å²) < 4.78 is 0. The van der Waals surface area contributed by atoms with Gasteiger partial charge in [0.05, 0.1) is 69.7 Å². The summed E-state index contributed by atoms with van der Waals surface area (Å²) in [5.74, 6) is -4.58. The zero-order chi connectivity index (χ0) is 45.4. The van der Waals surface area contributed by atoms with Gasteiger partial charge in [-0.15, -0.1) is 0 Å². The van der Waals surface area contributed by atoms with E-state index in [0.29, 0.717) is 10.0 Å². The molecule has 0 saturated carbocycles. The molecule has 0 bridgehead atoms. The fourth-order valence-corrected chi connectivity index (χ4v) is 7.01. The van der Waals surface area contributed by atoms with Crippen molar-refractivity contribution in [3.63, 3.8) is 0 Å². The molecule has 318 valence electrons. The van der Waals surface area contributed by atoms with Gasteiger partial charge in [-0.1, -0.05) is 92.8 Å². The number of carbonyl (C=O) groups excluding carboxylic acids is 6. The molecule has 5 aromatic carbocycles. The standard InChI is InChI=1S/C40H26Cl8N8O6/c1-17(57)34(55-53-21-5-7-26(43)24(13-21)37(59)50-32-9-3-19(41)11-28(32)45)39(61)49-23-15-30(47)36(31(48)16-23)52-40(62)35(18(2)58)56-54-22-6-8-27(44)25(14-22)38(60)51-33-10-4-20(42)12-29(33)46/h3-16,34-35H,1-2H3,(H,49,61)(H,50,59)(H,51,60)(H,52,62). The molecule has 5 rings (SSSR count). The molecule has 0 aliphatic carbocycles. The minimum atomic E-state index is -1.70. The highest BCUT2D eigenvalue weighted by molar-refractivity contribution is 6.41. The maximum atomic E-state index is 13.3. The Morgan fingerprint density at radius 2 is 0.855 bits per heavy atom. The van der Waals surface area contributed by atoms with Gasteiger partial charge in [-0.25, -0.2) is 0 Å². The van der Waals surface area contributed by atoms with Crippen LogP contribution in [0.15, 0.2) is 105 Å². The summed E-state index contributed by atoms with van der Waals surface area (Å²) in [6, 6.07) is 16.2. The average Bonchev–Trinajstić information content (AvgIpc) is 3.19. The van der Waals surface area contributed by atoms with Crippen LogP contribution in [0.25, 0.3) is 0 Å². The number of amides is 4. The summed E-state index contributed by atoms with van der Waals surface area (Å²) >= 11 is 49.6. The molecular weight excluding hydrogens is 972 g/mol. The van der Waals surface area contributed by atoms with Gasteiger partial charge in [0, 0.05) is 15.7 Å². The number of hydrogen-bond acceptors (Lipinski definition) is 10. The Kier molecular flexibility index (Phi) is 16.4. The second kappa shape index (κ2) is 21.3. The van der Waals surface area contributed by atoms with Crippen molar-refractivity contribution in [2.45, 2.75) is 25.9 Å². The molecule has 0 aromatic heterocycles. The predicted molar refractivity (Wildman–Crippen MR) is 243 cm³/mol. The van der Waals surface area contributed by atoms with Gasteiger partial charge in [-0.2, -0.15) is 20.5 Å². The van der Waals surface area contributed by atoms with E-state index in [-0.39, 0.29) is 75.4 Å². The van der Waals surface area contributed by atoms with Crippen molar-refractivity contribution in [1.82, 2.24) is 0 Å². The Bertz CT molecular complexity index is 2690. The molecule has 4 amide bonds. The van der Waals surface area contributed by atoms with Gasteiger partial charge in [0.25, 0.3) is 23.6 Å². The lowest BCUT2D eigenvalue weighted by Crippen LogP contribution is -2.32. The van der Waals surface area contributed by atoms with Gasteiger partial charge >= 0.3 is 0 Å². The number of Topliss-reactive ketones (excluding diaryl/α,β-unsaturated/α-hetero) is 2. The quantitative estimate of drug-likeness (QED) is 0.0630. The zero-order valence-electron chi connectivity index (χ0n) is 31.5. The first-order chi connectivity index (χ1) is 29.3. The van der Waals surface area contributed by atoms with E-state index in [9.17, 15) is 28.8 Å². The second-order valence-electron chi connectivity index (χ2n) is 12.7. The highest BCUT2D eigenvalue weighted by Crippen LogP contribution is 2.35. The summed E-state index contributed by atoms with van der Waals surface area (Å²) in [7, 11) is 0. The molecule has 0 spiro atoms. The first-order valence-electron chi connectivity index (χ1n) is 17.4. The molecular formula is C40H26Cl8N8O6. The van der Waals surface area contributed by atoms with E-state index in [1.807, 2.05) is 0 Å². The fourth-order valence-electron chi connectivity index (χ4n) is 5.11. The van der Waals surface area contributed by atoms with Crippen LogP contribution in [-0.2, 0) is 19.2 Å². The lowest BCUT2D eigenvalue weighted by atomic mass is 10.1. The third-order valence-corrected chi connectivity index (χ3v) is 10.5. The van der Waals surface area contributed by atoms with E-state index in [1.54, 1.807) is 0 Å². The third kappa shape index (κ3) is 12.5. The number of rotatable bonds is 14. The molecule has 0 aliphatic rings. The zero-order valence-corrected chi connectivity index (χ0v) is 37.5. The minimum Gasteiger partial charge on any atom is -0.324 e. The van der Waals surface area contributed by atoms with Gasteiger partial charge in [0.1, 0.15) is 0 Å². The molecule has 14 nitrogen and oxygen atoms in total.